The monoisotopic (exact) mass is 459 g/mol. The first-order valence-corrected chi connectivity index (χ1v) is 12.1. The minimum Gasteiger partial charge on any atom is -0.484 e. The summed E-state index contributed by atoms with van der Waals surface area (Å²) in [5.41, 5.74) is 2.43. The highest BCUT2D eigenvalue weighted by Crippen LogP contribution is 2.36. The van der Waals surface area contributed by atoms with Crippen molar-refractivity contribution >= 4 is 28.9 Å². The molecule has 5 rings (SSSR count). The smallest absolute Gasteiger partial charge is 0.274 e. The number of thiophene rings is 1. The Kier molecular flexibility index (Phi) is 6.21. The Balaban J connectivity index is 1.37. The van der Waals surface area contributed by atoms with Crippen molar-refractivity contribution in [3.63, 3.8) is 0 Å². The molecule has 0 aliphatic carbocycles. The highest BCUT2D eigenvalue weighted by atomic mass is 32.1. The van der Waals surface area contributed by atoms with Crippen molar-refractivity contribution in [3.8, 4) is 5.75 Å². The molecule has 3 heterocycles. The number of hydrazone groups is 1. The first kappa shape index (κ1) is 21.4. The van der Waals surface area contributed by atoms with Crippen molar-refractivity contribution in [2.45, 2.75) is 25.3 Å². The van der Waals surface area contributed by atoms with E-state index in [-0.39, 0.29) is 24.5 Å². The van der Waals surface area contributed by atoms with Gasteiger partial charge in [-0.25, -0.2) is 5.01 Å². The van der Waals surface area contributed by atoms with Crippen LogP contribution in [-0.4, -0.2) is 47.1 Å². The molecule has 1 unspecified atom stereocenters. The van der Waals surface area contributed by atoms with E-state index in [4.69, 9.17) is 9.84 Å². The van der Waals surface area contributed by atoms with Gasteiger partial charge in [-0.3, -0.25) is 9.59 Å². The van der Waals surface area contributed by atoms with Gasteiger partial charge in [-0.05, 0) is 54.1 Å². The van der Waals surface area contributed by atoms with E-state index in [1.54, 1.807) is 16.3 Å². The molecule has 0 bridgehead atoms. The number of nitrogens with zero attached hydrogens (tertiary/aromatic N) is 3. The summed E-state index contributed by atoms with van der Waals surface area (Å²) in [7, 11) is 0. The van der Waals surface area contributed by atoms with Crippen LogP contribution in [0, 0.1) is 0 Å². The zero-order valence-corrected chi connectivity index (χ0v) is 19.0. The number of rotatable bonds is 6. The summed E-state index contributed by atoms with van der Waals surface area (Å²) in [6.45, 7) is 1.64. The Hall–Kier alpha value is -3.45. The minimum absolute atomic E-state index is 0.0166. The largest absolute Gasteiger partial charge is 0.484 e. The maximum atomic E-state index is 13.3. The van der Waals surface area contributed by atoms with Crippen LogP contribution in [0.2, 0.25) is 0 Å². The lowest BCUT2D eigenvalue weighted by Gasteiger charge is -2.23. The molecule has 33 heavy (non-hydrogen) atoms. The van der Waals surface area contributed by atoms with Gasteiger partial charge in [-0.2, -0.15) is 5.10 Å². The maximum absolute atomic E-state index is 13.3. The average molecular weight is 460 g/mol. The topological polar surface area (TPSA) is 62.2 Å². The van der Waals surface area contributed by atoms with Gasteiger partial charge in [0.25, 0.3) is 11.8 Å². The number of ether oxygens (including phenoxy) is 1. The van der Waals surface area contributed by atoms with E-state index in [1.165, 1.54) is 0 Å². The van der Waals surface area contributed by atoms with Gasteiger partial charge in [-0.15, -0.1) is 11.3 Å². The van der Waals surface area contributed by atoms with Crippen LogP contribution in [0.3, 0.4) is 0 Å². The molecule has 3 aromatic rings. The number of amides is 2. The van der Waals surface area contributed by atoms with Crippen LogP contribution in [0.5, 0.6) is 5.75 Å². The lowest BCUT2D eigenvalue weighted by molar-refractivity contribution is -0.132. The number of likely N-dealkylation sites (tertiary alicyclic amines) is 1. The summed E-state index contributed by atoms with van der Waals surface area (Å²) < 4.78 is 5.83. The van der Waals surface area contributed by atoms with Gasteiger partial charge in [0.05, 0.1) is 16.6 Å². The molecule has 0 spiro atoms. The van der Waals surface area contributed by atoms with E-state index in [1.807, 2.05) is 77.0 Å². The molecule has 2 aliphatic rings. The predicted octanol–water partition coefficient (Wildman–Crippen LogP) is 4.74. The van der Waals surface area contributed by atoms with Crippen molar-refractivity contribution in [2.75, 3.05) is 19.7 Å². The van der Waals surface area contributed by atoms with Crippen molar-refractivity contribution < 1.29 is 14.3 Å². The molecule has 2 aromatic carbocycles. The fourth-order valence-corrected chi connectivity index (χ4v) is 5.00. The number of carbonyl (C=O) groups excluding carboxylic acids is 2. The minimum atomic E-state index is -0.243. The molecule has 0 saturated carbocycles. The number of benzene rings is 2. The van der Waals surface area contributed by atoms with Gasteiger partial charge in [0.1, 0.15) is 5.75 Å². The third kappa shape index (κ3) is 4.68. The summed E-state index contributed by atoms with van der Waals surface area (Å²) in [6.07, 6.45) is 2.73. The molecule has 7 heteroatoms. The lowest BCUT2D eigenvalue weighted by Crippen LogP contribution is -2.32. The molecule has 1 atom stereocenters. The Morgan fingerprint density at radius 2 is 1.82 bits per heavy atom. The first-order chi connectivity index (χ1) is 16.2. The fourth-order valence-electron chi connectivity index (χ4n) is 4.28. The zero-order chi connectivity index (χ0) is 22.6. The van der Waals surface area contributed by atoms with E-state index in [0.717, 1.165) is 42.1 Å². The third-order valence-corrected chi connectivity index (χ3v) is 6.93. The Morgan fingerprint density at radius 3 is 2.58 bits per heavy atom. The molecule has 0 radical (unpaired) electrons. The van der Waals surface area contributed by atoms with Crippen LogP contribution < -0.4 is 4.74 Å². The molecular formula is C26H25N3O3S. The van der Waals surface area contributed by atoms with Gasteiger partial charge in [0, 0.05) is 25.1 Å². The van der Waals surface area contributed by atoms with E-state index in [9.17, 15) is 9.59 Å². The van der Waals surface area contributed by atoms with Crippen LogP contribution in [0.15, 0.2) is 77.2 Å². The summed E-state index contributed by atoms with van der Waals surface area (Å²) in [5.74, 6) is 0.502. The zero-order valence-electron chi connectivity index (χ0n) is 18.2. The molecule has 1 fully saturated rings. The molecule has 1 aromatic heterocycles. The van der Waals surface area contributed by atoms with Gasteiger partial charge < -0.3 is 9.64 Å². The van der Waals surface area contributed by atoms with Crippen LogP contribution in [0.4, 0.5) is 0 Å². The summed E-state index contributed by atoms with van der Waals surface area (Å²) >= 11 is 1.62. The van der Waals surface area contributed by atoms with Crippen LogP contribution in [0.25, 0.3) is 0 Å². The Labute approximate surface area is 197 Å². The van der Waals surface area contributed by atoms with Gasteiger partial charge in [0.15, 0.2) is 6.61 Å². The van der Waals surface area contributed by atoms with Gasteiger partial charge >= 0.3 is 0 Å². The SMILES string of the molecule is O=C(COc1cccc(C2CC(c3cccs3)=NN2C(=O)c2ccccc2)c1)N1CCCC1. The molecule has 2 amide bonds. The normalized spacial score (nSPS) is 17.8. The summed E-state index contributed by atoms with van der Waals surface area (Å²) in [4.78, 5) is 28.6. The second-order valence-corrected chi connectivity index (χ2v) is 9.16. The van der Waals surface area contributed by atoms with Crippen LogP contribution in [-0.2, 0) is 4.79 Å². The van der Waals surface area contributed by atoms with E-state index < -0.39 is 0 Å². The van der Waals surface area contributed by atoms with Crippen LogP contribution >= 0.6 is 11.3 Å². The second-order valence-electron chi connectivity index (χ2n) is 8.21. The van der Waals surface area contributed by atoms with E-state index in [0.29, 0.717) is 17.7 Å². The predicted molar refractivity (Wildman–Crippen MR) is 129 cm³/mol. The van der Waals surface area contributed by atoms with Gasteiger partial charge in [0.2, 0.25) is 0 Å². The van der Waals surface area contributed by atoms with Gasteiger partial charge in [-0.1, -0.05) is 36.4 Å². The molecular weight excluding hydrogens is 434 g/mol. The highest BCUT2D eigenvalue weighted by Gasteiger charge is 2.34. The lowest BCUT2D eigenvalue weighted by atomic mass is 10.0. The average Bonchev–Trinajstić information content (AvgIpc) is 3.64. The molecule has 6 nitrogen and oxygen atoms in total. The van der Waals surface area contributed by atoms with Crippen molar-refractivity contribution in [3.05, 3.63) is 88.1 Å². The van der Waals surface area contributed by atoms with Crippen molar-refractivity contribution in [1.82, 2.24) is 9.91 Å². The third-order valence-electron chi connectivity index (χ3n) is 6.01. The quantitative estimate of drug-likeness (QED) is 0.535. The molecule has 0 N–H and O–H groups in total. The number of hydrogen-bond donors (Lipinski definition) is 0. The number of hydrogen-bond acceptors (Lipinski definition) is 5. The molecule has 1 saturated heterocycles. The molecule has 168 valence electrons. The Bertz CT molecular complexity index is 1150. The fraction of sp³-hybridized carbons (Fsp3) is 0.269. The molecule has 2 aliphatic heterocycles. The first-order valence-electron chi connectivity index (χ1n) is 11.2. The summed E-state index contributed by atoms with van der Waals surface area (Å²) in [6, 6.07) is 20.6. The van der Waals surface area contributed by atoms with E-state index in [2.05, 4.69) is 0 Å². The Morgan fingerprint density at radius 1 is 1.00 bits per heavy atom. The van der Waals surface area contributed by atoms with Crippen LogP contribution in [0.1, 0.15) is 46.1 Å². The maximum Gasteiger partial charge on any atom is 0.274 e. The van der Waals surface area contributed by atoms with E-state index >= 15 is 0 Å². The van der Waals surface area contributed by atoms with Crippen molar-refractivity contribution in [2.24, 2.45) is 5.10 Å². The number of carbonyl (C=O) groups is 2. The standard InChI is InChI=1S/C26H25N3O3S/c30-25(28-13-4-5-14-28)18-32-21-11-6-10-20(16-21)23-17-22(24-12-7-15-33-24)27-29(23)26(31)19-8-2-1-3-9-19/h1-3,6-12,15-16,23H,4-5,13-14,17-18H2. The highest BCUT2D eigenvalue weighted by molar-refractivity contribution is 7.12. The van der Waals surface area contributed by atoms with Crippen molar-refractivity contribution in [1.29, 1.82) is 0 Å². The summed E-state index contributed by atoms with van der Waals surface area (Å²) in [5, 5.41) is 8.33. The second kappa shape index (κ2) is 9.58.